The minimum absolute atomic E-state index is 0.0313. The van der Waals surface area contributed by atoms with Crippen LogP contribution in [0, 0.1) is 16.7 Å². The Labute approximate surface area is 90.0 Å². The van der Waals surface area contributed by atoms with Crippen LogP contribution in [0.1, 0.15) is 40.0 Å². The summed E-state index contributed by atoms with van der Waals surface area (Å²) < 4.78 is 8.38. The summed E-state index contributed by atoms with van der Waals surface area (Å²) in [5.74, 6) is 0.780. The van der Waals surface area contributed by atoms with Gasteiger partial charge in [0.25, 0.3) is 0 Å². The van der Waals surface area contributed by atoms with E-state index in [2.05, 4.69) is 20.8 Å². The number of aliphatic hydroxyl groups excluding tert-OH is 1. The Morgan fingerprint density at radius 1 is 1.31 bits per heavy atom. The first-order chi connectivity index (χ1) is 5.98. The van der Waals surface area contributed by atoms with Crippen LogP contribution in [-0.2, 0) is 21.8 Å². The summed E-state index contributed by atoms with van der Waals surface area (Å²) in [6, 6.07) is 0. The van der Waals surface area contributed by atoms with Crippen LogP contribution in [0.3, 0.4) is 0 Å². The third-order valence-corrected chi connectivity index (χ3v) is 4.75. The Bertz CT molecular complexity index is 205. The van der Waals surface area contributed by atoms with Crippen molar-refractivity contribution in [2.75, 3.05) is 0 Å². The van der Waals surface area contributed by atoms with E-state index in [1.807, 2.05) is 0 Å². The van der Waals surface area contributed by atoms with Gasteiger partial charge in [-0.3, -0.25) is 0 Å². The van der Waals surface area contributed by atoms with E-state index in [9.17, 15) is 5.11 Å². The van der Waals surface area contributed by atoms with E-state index in [1.165, 1.54) is 12.8 Å². The van der Waals surface area contributed by atoms with E-state index >= 15 is 0 Å². The zero-order valence-corrected chi connectivity index (χ0v) is 11.8. The Balaban J connectivity index is 0.000000396. The van der Waals surface area contributed by atoms with E-state index in [-0.39, 0.29) is 29.8 Å². The second-order valence-electron chi connectivity index (χ2n) is 5.13. The molecule has 13 heavy (non-hydrogen) atoms. The normalized spacial score (nSPS) is 45.7. The first kappa shape index (κ1) is 11.5. The van der Waals surface area contributed by atoms with Crippen LogP contribution >= 0.6 is 0 Å². The van der Waals surface area contributed by atoms with Crippen LogP contribution in [-0.4, -0.2) is 11.2 Å². The van der Waals surface area contributed by atoms with Crippen molar-refractivity contribution in [2.24, 2.45) is 16.7 Å². The van der Waals surface area contributed by atoms with Gasteiger partial charge in [0, 0.05) is 0 Å². The molecule has 2 rings (SSSR count). The second-order valence-corrected chi connectivity index (χ2v) is 5.13. The molecule has 0 aromatic rings. The summed E-state index contributed by atoms with van der Waals surface area (Å²) in [7, 11) is 0. The molecule has 0 heterocycles. The first-order valence-electron chi connectivity index (χ1n) is 4.95. The van der Waals surface area contributed by atoms with E-state index in [0.717, 1.165) is 12.3 Å². The molecule has 0 aromatic heterocycles. The van der Waals surface area contributed by atoms with Gasteiger partial charge in [0.05, 0.1) is 6.10 Å². The molecule has 0 radical (unpaired) electrons. The van der Waals surface area contributed by atoms with Gasteiger partial charge >= 0.3 is 21.8 Å². The van der Waals surface area contributed by atoms with Crippen molar-refractivity contribution in [1.82, 2.24) is 0 Å². The molecule has 2 aliphatic rings. The third kappa shape index (κ3) is 1.36. The Kier molecular flexibility index (Phi) is 3.09. The molecule has 0 unspecified atom stereocenters. The zero-order valence-electron chi connectivity index (χ0n) is 8.84. The molecule has 0 amide bonds. The number of hydrogen-bond acceptors (Lipinski definition) is 2. The van der Waals surface area contributed by atoms with Gasteiger partial charge in [-0.1, -0.05) is 20.8 Å². The molecule has 0 aromatic carbocycles. The van der Waals surface area contributed by atoms with E-state index in [0.29, 0.717) is 5.41 Å². The summed E-state index contributed by atoms with van der Waals surface area (Å²) in [6.07, 6.45) is 3.58. The fourth-order valence-corrected chi connectivity index (χ4v) is 3.16. The molecular weight excluding hydrogens is 217 g/mol. The number of fused-ring (bicyclic) bond motifs is 2. The van der Waals surface area contributed by atoms with Crippen LogP contribution in [0.25, 0.3) is 0 Å². The number of rotatable bonds is 0. The van der Waals surface area contributed by atoms with Crippen LogP contribution in [0.15, 0.2) is 0 Å². The van der Waals surface area contributed by atoms with Gasteiger partial charge in [-0.15, -0.1) is 0 Å². The number of aliphatic hydroxyl groups is 1. The van der Waals surface area contributed by atoms with Gasteiger partial charge in [-0.05, 0) is 36.0 Å². The van der Waals surface area contributed by atoms with Crippen molar-refractivity contribution in [2.45, 2.75) is 46.1 Å². The first-order valence-corrected chi connectivity index (χ1v) is 6.16. The van der Waals surface area contributed by atoms with Gasteiger partial charge in [-0.2, -0.15) is 0 Å². The quantitative estimate of drug-likeness (QED) is 0.653. The Morgan fingerprint density at radius 3 is 2.00 bits per heavy atom. The molecule has 0 spiro atoms. The monoisotopic (exact) mass is 234 g/mol. The van der Waals surface area contributed by atoms with Crippen molar-refractivity contribution in [3.63, 3.8) is 0 Å². The molecular formula is C10H18O2Zn. The summed E-state index contributed by atoms with van der Waals surface area (Å²) in [5, 5.41) is 9.81. The molecule has 72 valence electrons. The summed E-state index contributed by atoms with van der Waals surface area (Å²) >= 11 is 0.125. The van der Waals surface area contributed by atoms with E-state index in [1.54, 1.807) is 0 Å². The molecule has 2 nitrogen and oxygen atoms in total. The summed E-state index contributed by atoms with van der Waals surface area (Å²) in [5.41, 5.74) is 0.601. The predicted octanol–water partition coefficient (Wildman–Crippen LogP) is 2.07. The van der Waals surface area contributed by atoms with Crippen LogP contribution in [0.2, 0.25) is 0 Å². The summed E-state index contributed by atoms with van der Waals surface area (Å²) in [4.78, 5) is 0. The molecule has 3 heteroatoms. The van der Waals surface area contributed by atoms with Crippen molar-refractivity contribution >= 4 is 0 Å². The molecule has 2 fully saturated rings. The van der Waals surface area contributed by atoms with Gasteiger partial charge in [0.2, 0.25) is 0 Å². The van der Waals surface area contributed by atoms with E-state index in [4.69, 9.17) is 3.57 Å². The van der Waals surface area contributed by atoms with Crippen LogP contribution < -0.4 is 0 Å². The molecule has 2 aliphatic carbocycles. The number of hydrogen-bond donors (Lipinski definition) is 1. The van der Waals surface area contributed by atoms with Gasteiger partial charge in [0.15, 0.2) is 0 Å². The van der Waals surface area contributed by atoms with Crippen molar-refractivity contribution in [3.8, 4) is 0 Å². The van der Waals surface area contributed by atoms with Crippen molar-refractivity contribution in [3.05, 3.63) is 0 Å². The second kappa shape index (κ2) is 3.51. The molecule has 0 aliphatic heterocycles. The van der Waals surface area contributed by atoms with Crippen LogP contribution in [0.5, 0.6) is 0 Å². The zero-order chi connectivity index (χ0) is 10.3. The van der Waals surface area contributed by atoms with Gasteiger partial charge < -0.3 is 5.11 Å². The third-order valence-electron chi connectivity index (χ3n) is 4.75. The Hall–Kier alpha value is 0.383. The average molecular weight is 236 g/mol. The molecule has 3 atom stereocenters. The van der Waals surface area contributed by atoms with Gasteiger partial charge in [-0.25, -0.2) is 0 Å². The topological polar surface area (TPSA) is 37.3 Å². The standard InChI is InChI=1S/C10H18O.O.Zn/c1-9(2)7-4-5-10(9,3)8(11)6-7;;/h7-8,11H,4-6H2,1-3H3;;/t7-,8+,10-;;/m1../s1. The fraction of sp³-hybridized carbons (Fsp3) is 1.00. The molecule has 2 bridgehead atoms. The predicted molar refractivity (Wildman–Crippen MR) is 45.9 cm³/mol. The maximum atomic E-state index is 9.81. The van der Waals surface area contributed by atoms with Crippen LogP contribution in [0.4, 0.5) is 0 Å². The van der Waals surface area contributed by atoms with E-state index < -0.39 is 0 Å². The van der Waals surface area contributed by atoms with Crippen molar-refractivity contribution in [1.29, 1.82) is 0 Å². The van der Waals surface area contributed by atoms with Gasteiger partial charge in [0.1, 0.15) is 0 Å². The molecule has 0 saturated heterocycles. The SMILES string of the molecule is CC1(C)[C@@H]2CC[C@]1(C)[C@@H](O)C2.[O]=[Zn]. The van der Waals surface area contributed by atoms with Crippen molar-refractivity contribution < 1.29 is 26.9 Å². The minimum atomic E-state index is -0.0313. The average Bonchev–Trinajstić information content (AvgIpc) is 2.41. The maximum absolute atomic E-state index is 9.81. The molecule has 2 saturated carbocycles. The fourth-order valence-electron chi connectivity index (χ4n) is 3.16. The summed E-state index contributed by atoms with van der Waals surface area (Å²) in [6.45, 7) is 6.90. The molecule has 1 N–H and O–H groups in total. The Morgan fingerprint density at radius 2 is 1.85 bits per heavy atom.